The van der Waals surface area contributed by atoms with Gasteiger partial charge in [0, 0.05) is 16.8 Å². The highest BCUT2D eigenvalue weighted by Crippen LogP contribution is 2.61. The van der Waals surface area contributed by atoms with Gasteiger partial charge in [-0.2, -0.15) is 0 Å². The number of amides is 1. The Morgan fingerprint density at radius 1 is 0.933 bits per heavy atom. The number of nitrogens with one attached hydrogen (secondary N) is 1. The molecule has 4 fully saturated rings. The van der Waals surface area contributed by atoms with Gasteiger partial charge >= 0.3 is 5.97 Å². The molecule has 0 saturated heterocycles. The Hall–Kier alpha value is -2.82. The van der Waals surface area contributed by atoms with Crippen LogP contribution in [0.3, 0.4) is 0 Å². The lowest BCUT2D eigenvalue weighted by molar-refractivity contribution is -0.00614. The minimum atomic E-state index is -0.411. The number of aromatic hydroxyl groups is 1. The molecule has 0 aliphatic heterocycles. The summed E-state index contributed by atoms with van der Waals surface area (Å²) in [4.78, 5) is 24.5. The lowest BCUT2D eigenvalue weighted by atomic mass is 9.48. The molecule has 6 rings (SSSR count). The van der Waals surface area contributed by atoms with E-state index in [0.29, 0.717) is 22.6 Å². The molecule has 4 aliphatic rings. The Labute approximate surface area is 176 Å². The maximum Gasteiger partial charge on any atom is 0.337 e. The van der Waals surface area contributed by atoms with E-state index in [9.17, 15) is 14.7 Å². The first-order valence-electron chi connectivity index (χ1n) is 10.8. The van der Waals surface area contributed by atoms with Gasteiger partial charge in [-0.15, -0.1) is 0 Å². The quantitative estimate of drug-likeness (QED) is 0.710. The highest BCUT2D eigenvalue weighted by Gasteiger charge is 2.52. The van der Waals surface area contributed by atoms with Gasteiger partial charge in [0.25, 0.3) is 5.91 Å². The Morgan fingerprint density at radius 2 is 1.50 bits per heavy atom. The summed E-state index contributed by atoms with van der Waals surface area (Å²) in [5.41, 5.74) is 2.57. The molecule has 4 bridgehead atoms. The fraction of sp³-hybridized carbons (Fsp3) is 0.440. The van der Waals surface area contributed by atoms with Gasteiger partial charge in [0.15, 0.2) is 0 Å². The average Bonchev–Trinajstić information content (AvgIpc) is 2.73. The zero-order valence-corrected chi connectivity index (χ0v) is 17.2. The lowest BCUT2D eigenvalue weighted by Gasteiger charge is -2.57. The van der Waals surface area contributed by atoms with Crippen molar-refractivity contribution in [1.82, 2.24) is 0 Å². The van der Waals surface area contributed by atoms with Crippen LogP contribution in [0.15, 0.2) is 42.5 Å². The SMILES string of the molecule is COC(=O)c1ccc(NC(=O)c2ccc(O)c(C34CC5CC(CC(C5)C3)C4)c2)cc1. The first-order valence-corrected chi connectivity index (χ1v) is 10.8. The number of benzene rings is 2. The Morgan fingerprint density at radius 3 is 2.07 bits per heavy atom. The van der Waals surface area contributed by atoms with Gasteiger partial charge in [-0.3, -0.25) is 4.79 Å². The van der Waals surface area contributed by atoms with Crippen molar-refractivity contribution in [2.24, 2.45) is 17.8 Å². The summed E-state index contributed by atoms with van der Waals surface area (Å²) in [5, 5.41) is 13.6. The van der Waals surface area contributed by atoms with E-state index < -0.39 is 5.97 Å². The van der Waals surface area contributed by atoms with Crippen molar-refractivity contribution in [2.75, 3.05) is 12.4 Å². The molecule has 0 spiro atoms. The summed E-state index contributed by atoms with van der Waals surface area (Å²) in [7, 11) is 1.34. The molecule has 0 atom stereocenters. The minimum absolute atomic E-state index is 0.0251. The van der Waals surface area contributed by atoms with Crippen LogP contribution in [0.4, 0.5) is 5.69 Å². The number of hydrogen-bond donors (Lipinski definition) is 2. The van der Waals surface area contributed by atoms with E-state index in [1.165, 1.54) is 26.4 Å². The van der Waals surface area contributed by atoms with Crippen LogP contribution >= 0.6 is 0 Å². The number of hydrogen-bond acceptors (Lipinski definition) is 4. The second-order valence-corrected chi connectivity index (χ2v) is 9.45. The van der Waals surface area contributed by atoms with Crippen molar-refractivity contribution in [1.29, 1.82) is 0 Å². The maximum atomic E-state index is 12.9. The third kappa shape index (κ3) is 3.26. The van der Waals surface area contributed by atoms with Crippen molar-refractivity contribution in [3.8, 4) is 5.75 Å². The molecule has 0 heterocycles. The third-order valence-corrected chi connectivity index (χ3v) is 7.43. The van der Waals surface area contributed by atoms with Gasteiger partial charge in [0.2, 0.25) is 0 Å². The van der Waals surface area contributed by atoms with Gasteiger partial charge in [0.05, 0.1) is 12.7 Å². The van der Waals surface area contributed by atoms with Crippen molar-refractivity contribution in [3.05, 3.63) is 59.2 Å². The summed E-state index contributed by atoms with van der Waals surface area (Å²) in [6.07, 6.45) is 7.40. The molecule has 2 aromatic carbocycles. The first kappa shape index (κ1) is 19.2. The predicted octanol–water partition coefficient (Wildman–Crippen LogP) is 4.90. The largest absolute Gasteiger partial charge is 0.508 e. The van der Waals surface area contributed by atoms with Crippen LogP contribution in [-0.2, 0) is 10.2 Å². The van der Waals surface area contributed by atoms with Crippen LogP contribution in [-0.4, -0.2) is 24.1 Å². The van der Waals surface area contributed by atoms with E-state index in [1.54, 1.807) is 36.4 Å². The molecule has 0 aromatic heterocycles. The standard InChI is InChI=1S/C25H27NO4/c1-30-24(29)18-2-5-20(6-3-18)26-23(28)19-4-7-22(27)21(11-19)25-12-15-8-16(13-25)10-17(9-15)14-25/h2-7,11,15-17,27H,8-10,12-14H2,1H3,(H,26,28). The molecular weight excluding hydrogens is 378 g/mol. The number of ether oxygens (including phenoxy) is 1. The van der Waals surface area contributed by atoms with Crippen molar-refractivity contribution < 1.29 is 19.4 Å². The van der Waals surface area contributed by atoms with E-state index in [2.05, 4.69) is 5.32 Å². The Kier molecular flexibility index (Phi) is 4.57. The number of anilines is 1. The summed E-state index contributed by atoms with van der Waals surface area (Å²) in [5.74, 6) is 1.98. The number of rotatable bonds is 4. The molecule has 2 N–H and O–H groups in total. The fourth-order valence-corrected chi connectivity index (χ4v) is 6.55. The number of esters is 1. The monoisotopic (exact) mass is 405 g/mol. The number of phenolic OH excluding ortho intramolecular Hbond substituents is 1. The second-order valence-electron chi connectivity index (χ2n) is 9.45. The Bertz CT molecular complexity index is 959. The summed E-state index contributed by atoms with van der Waals surface area (Å²) >= 11 is 0. The van der Waals surface area contributed by atoms with Crippen LogP contribution in [0.5, 0.6) is 5.75 Å². The molecule has 156 valence electrons. The Balaban J connectivity index is 1.38. The summed E-state index contributed by atoms with van der Waals surface area (Å²) < 4.78 is 4.70. The highest BCUT2D eigenvalue weighted by molar-refractivity contribution is 6.04. The third-order valence-electron chi connectivity index (χ3n) is 7.43. The zero-order chi connectivity index (χ0) is 20.9. The van der Waals surface area contributed by atoms with Crippen LogP contribution in [0, 0.1) is 17.8 Å². The van der Waals surface area contributed by atoms with Crippen LogP contribution < -0.4 is 5.32 Å². The number of methoxy groups -OCH3 is 1. The van der Waals surface area contributed by atoms with Crippen molar-refractivity contribution in [3.63, 3.8) is 0 Å². The molecule has 30 heavy (non-hydrogen) atoms. The molecule has 4 saturated carbocycles. The highest BCUT2D eigenvalue weighted by atomic mass is 16.5. The predicted molar refractivity (Wildman–Crippen MR) is 114 cm³/mol. The smallest absolute Gasteiger partial charge is 0.337 e. The van der Waals surface area contributed by atoms with E-state index in [1.807, 2.05) is 6.07 Å². The van der Waals surface area contributed by atoms with E-state index in [0.717, 1.165) is 42.6 Å². The van der Waals surface area contributed by atoms with Gasteiger partial charge in [-0.05, 0) is 104 Å². The minimum Gasteiger partial charge on any atom is -0.508 e. The fourth-order valence-electron chi connectivity index (χ4n) is 6.55. The summed E-state index contributed by atoms with van der Waals surface area (Å²) in [6, 6.07) is 11.9. The zero-order valence-electron chi connectivity index (χ0n) is 17.2. The number of carbonyl (C=O) groups is 2. The molecule has 1 amide bonds. The molecule has 0 radical (unpaired) electrons. The van der Waals surface area contributed by atoms with Crippen molar-refractivity contribution in [2.45, 2.75) is 43.9 Å². The van der Waals surface area contributed by atoms with Gasteiger partial charge in [-0.1, -0.05) is 0 Å². The average molecular weight is 405 g/mol. The molecular formula is C25H27NO4. The summed E-state index contributed by atoms with van der Waals surface area (Å²) in [6.45, 7) is 0. The topological polar surface area (TPSA) is 75.6 Å². The molecule has 5 nitrogen and oxygen atoms in total. The van der Waals surface area contributed by atoms with Gasteiger partial charge in [0.1, 0.15) is 5.75 Å². The van der Waals surface area contributed by atoms with Gasteiger partial charge in [-0.25, -0.2) is 4.79 Å². The normalized spacial score (nSPS) is 28.9. The number of phenols is 1. The first-order chi connectivity index (χ1) is 14.5. The van der Waals surface area contributed by atoms with E-state index >= 15 is 0 Å². The molecule has 0 unspecified atom stereocenters. The van der Waals surface area contributed by atoms with Crippen LogP contribution in [0.1, 0.15) is 64.8 Å². The van der Waals surface area contributed by atoms with E-state index in [4.69, 9.17) is 4.74 Å². The van der Waals surface area contributed by atoms with Crippen LogP contribution in [0.2, 0.25) is 0 Å². The molecule has 4 aliphatic carbocycles. The van der Waals surface area contributed by atoms with Crippen molar-refractivity contribution >= 4 is 17.6 Å². The number of carbonyl (C=O) groups excluding carboxylic acids is 2. The van der Waals surface area contributed by atoms with Gasteiger partial charge < -0.3 is 15.2 Å². The maximum absolute atomic E-state index is 12.9. The lowest BCUT2D eigenvalue weighted by Crippen LogP contribution is -2.48. The van der Waals surface area contributed by atoms with E-state index in [-0.39, 0.29) is 11.3 Å². The van der Waals surface area contributed by atoms with Crippen LogP contribution in [0.25, 0.3) is 0 Å². The molecule has 5 heteroatoms. The second kappa shape index (κ2) is 7.15. The molecule has 2 aromatic rings.